The van der Waals surface area contributed by atoms with E-state index < -0.39 is 0 Å². The molecule has 0 bridgehead atoms. The fourth-order valence-electron chi connectivity index (χ4n) is 5.01. The number of hydrogen-bond donors (Lipinski definition) is 4. The highest BCUT2D eigenvalue weighted by molar-refractivity contribution is 6.37. The number of aromatic nitrogens is 2. The fraction of sp³-hybridized carbons (Fsp3) is 0.348. The van der Waals surface area contributed by atoms with Crippen LogP contribution in [0.25, 0.3) is 22.2 Å². The largest absolute Gasteiger partial charge is 0.388 e. The van der Waals surface area contributed by atoms with Gasteiger partial charge in [0.25, 0.3) is 0 Å². The van der Waals surface area contributed by atoms with Crippen LogP contribution in [0, 0.1) is 10.8 Å². The van der Waals surface area contributed by atoms with Gasteiger partial charge < -0.3 is 25.9 Å². The van der Waals surface area contributed by atoms with Gasteiger partial charge in [-0.25, -0.2) is 4.98 Å². The number of H-pyrrole nitrogens is 1. The minimum atomic E-state index is -0.230. The predicted octanol–water partition coefficient (Wildman–Crippen LogP) is 4.03. The third-order valence-electron chi connectivity index (χ3n) is 6.82. The minimum Gasteiger partial charge on any atom is -0.388 e. The van der Waals surface area contributed by atoms with Crippen LogP contribution in [0.15, 0.2) is 30.6 Å². The number of hydrogen-bond acceptors (Lipinski definition) is 5. The molecule has 160 valence electrons. The van der Waals surface area contributed by atoms with Crippen LogP contribution in [-0.2, 0) is 4.79 Å². The molecular weight excluding hydrogens is 412 g/mol. The number of pyridine rings is 1. The van der Waals surface area contributed by atoms with E-state index in [1.807, 2.05) is 31.4 Å². The monoisotopic (exact) mass is 436 g/mol. The molecule has 1 aromatic carbocycles. The number of anilines is 2. The van der Waals surface area contributed by atoms with Gasteiger partial charge in [0.15, 0.2) is 0 Å². The predicted molar refractivity (Wildman–Crippen MR) is 125 cm³/mol. The molecule has 2 saturated heterocycles. The van der Waals surface area contributed by atoms with Gasteiger partial charge >= 0.3 is 0 Å². The van der Waals surface area contributed by atoms with E-state index in [2.05, 4.69) is 25.5 Å². The average molecular weight is 437 g/mol. The van der Waals surface area contributed by atoms with Crippen LogP contribution < -0.4 is 15.5 Å². The Hall–Kier alpha value is -3.06. The Bertz CT molecular complexity index is 1180. The number of benzene rings is 1. The van der Waals surface area contributed by atoms with Crippen molar-refractivity contribution in [1.29, 1.82) is 5.41 Å². The summed E-state index contributed by atoms with van der Waals surface area (Å²) >= 11 is 6.60. The molecule has 2 aliphatic heterocycles. The topological polar surface area (TPSA) is 96.9 Å². The second-order valence-electron chi connectivity index (χ2n) is 8.35. The summed E-state index contributed by atoms with van der Waals surface area (Å²) in [7, 11) is 1.85. The summed E-state index contributed by atoms with van der Waals surface area (Å²) in [4.78, 5) is 22.6. The number of nitrogens with zero attached hydrogens (tertiary/aromatic N) is 2. The lowest BCUT2D eigenvalue weighted by atomic mass is 9.77. The summed E-state index contributed by atoms with van der Waals surface area (Å²) in [5.41, 5.74) is 5.24. The van der Waals surface area contributed by atoms with Crippen LogP contribution in [0.2, 0.25) is 5.02 Å². The number of halogens is 1. The molecule has 4 N–H and O–H groups in total. The summed E-state index contributed by atoms with van der Waals surface area (Å²) in [5.74, 6) is 0.199. The number of nitrogens with one attached hydrogen (secondary N) is 4. The van der Waals surface area contributed by atoms with Crippen LogP contribution in [0.3, 0.4) is 0 Å². The van der Waals surface area contributed by atoms with Gasteiger partial charge in [0.2, 0.25) is 5.91 Å². The molecule has 1 amide bonds. The maximum Gasteiger partial charge on any atom is 0.226 e. The molecular formula is C23H25ClN6O. The number of carbonyl (C=O) groups is 1. The molecule has 5 rings (SSSR count). The normalized spacial score (nSPS) is 17.9. The van der Waals surface area contributed by atoms with Crippen molar-refractivity contribution in [2.45, 2.75) is 19.3 Å². The Morgan fingerprint density at radius 3 is 2.77 bits per heavy atom. The van der Waals surface area contributed by atoms with Crippen LogP contribution in [0.1, 0.15) is 24.8 Å². The molecule has 31 heavy (non-hydrogen) atoms. The number of rotatable bonds is 4. The summed E-state index contributed by atoms with van der Waals surface area (Å²) in [6.45, 7) is 2.34. The lowest BCUT2D eigenvalue weighted by molar-refractivity contribution is -0.128. The second-order valence-corrected chi connectivity index (χ2v) is 8.76. The van der Waals surface area contributed by atoms with E-state index in [9.17, 15) is 4.79 Å². The van der Waals surface area contributed by atoms with Gasteiger partial charge in [0, 0.05) is 62.1 Å². The van der Waals surface area contributed by atoms with E-state index in [1.165, 1.54) is 6.21 Å². The second kappa shape index (κ2) is 7.57. The molecule has 4 heterocycles. The third-order valence-corrected chi connectivity index (χ3v) is 7.12. The first-order valence-electron chi connectivity index (χ1n) is 10.6. The van der Waals surface area contributed by atoms with Crippen LogP contribution in [0.4, 0.5) is 11.4 Å². The Labute approximate surface area is 185 Å². The first kappa shape index (κ1) is 19.9. The standard InChI is InChI=1S/C23H25ClN6O/c1-26-18-3-2-14(10-15(18)11-25)16-12-28-21-19(17(24)13-29-21)20(16)30-8-5-23(6-9-30)4-7-27-22(23)31/h2-3,10-13,25-26H,4-9H2,1H3,(H,27,31)(H,28,29). The van der Waals surface area contributed by atoms with Crippen molar-refractivity contribution >= 4 is 46.1 Å². The Balaban J connectivity index is 1.61. The quantitative estimate of drug-likeness (QED) is 0.464. The number of amides is 1. The van der Waals surface area contributed by atoms with Gasteiger partial charge in [0.05, 0.1) is 21.5 Å². The highest BCUT2D eigenvalue weighted by Crippen LogP contribution is 2.45. The first-order chi connectivity index (χ1) is 15.1. The van der Waals surface area contributed by atoms with Crippen molar-refractivity contribution < 1.29 is 4.79 Å². The molecule has 2 aromatic heterocycles. The van der Waals surface area contributed by atoms with Crippen molar-refractivity contribution in [3.05, 3.63) is 41.2 Å². The zero-order chi connectivity index (χ0) is 21.6. The molecule has 2 aliphatic rings. The lowest BCUT2D eigenvalue weighted by Crippen LogP contribution is -2.44. The molecule has 0 unspecified atom stereocenters. The number of fused-ring (bicyclic) bond motifs is 1. The van der Waals surface area contributed by atoms with E-state index in [0.717, 1.165) is 78.0 Å². The maximum absolute atomic E-state index is 12.4. The Morgan fingerprint density at radius 1 is 1.29 bits per heavy atom. The summed E-state index contributed by atoms with van der Waals surface area (Å²) in [5, 5.41) is 15.5. The number of aromatic amines is 1. The molecule has 1 spiro atoms. The molecule has 0 saturated carbocycles. The fourth-order valence-corrected chi connectivity index (χ4v) is 5.24. The molecule has 2 fully saturated rings. The van der Waals surface area contributed by atoms with E-state index >= 15 is 0 Å². The summed E-state index contributed by atoms with van der Waals surface area (Å²) in [6, 6.07) is 6.03. The average Bonchev–Trinajstić information content (AvgIpc) is 3.36. The van der Waals surface area contributed by atoms with Crippen LogP contribution >= 0.6 is 11.6 Å². The molecule has 0 aliphatic carbocycles. The smallest absolute Gasteiger partial charge is 0.226 e. The van der Waals surface area contributed by atoms with E-state index in [4.69, 9.17) is 17.0 Å². The van der Waals surface area contributed by atoms with Crippen molar-refractivity contribution in [3.63, 3.8) is 0 Å². The van der Waals surface area contributed by atoms with Crippen LogP contribution in [-0.4, -0.2) is 48.8 Å². The molecule has 7 nitrogen and oxygen atoms in total. The van der Waals surface area contributed by atoms with Gasteiger partial charge in [-0.1, -0.05) is 17.7 Å². The summed E-state index contributed by atoms with van der Waals surface area (Å²) < 4.78 is 0. The molecule has 3 aromatic rings. The van der Waals surface area contributed by atoms with Gasteiger partial charge in [-0.2, -0.15) is 0 Å². The van der Waals surface area contributed by atoms with Gasteiger partial charge in [-0.05, 0) is 37.0 Å². The van der Waals surface area contributed by atoms with Gasteiger partial charge in [-0.3, -0.25) is 4.79 Å². The van der Waals surface area contributed by atoms with E-state index in [0.29, 0.717) is 5.02 Å². The first-order valence-corrected chi connectivity index (χ1v) is 11.0. The highest BCUT2D eigenvalue weighted by atomic mass is 35.5. The summed E-state index contributed by atoms with van der Waals surface area (Å²) in [6.07, 6.45) is 7.57. The van der Waals surface area contributed by atoms with Crippen molar-refractivity contribution in [3.8, 4) is 11.1 Å². The van der Waals surface area contributed by atoms with E-state index in [-0.39, 0.29) is 11.3 Å². The third kappa shape index (κ3) is 3.15. The SMILES string of the molecule is CNc1ccc(-c2cnc3[nH]cc(Cl)c3c2N2CCC3(CCNC3=O)CC2)cc1C=N. The van der Waals surface area contributed by atoms with Crippen molar-refractivity contribution in [2.24, 2.45) is 5.41 Å². The van der Waals surface area contributed by atoms with Crippen LogP contribution in [0.5, 0.6) is 0 Å². The van der Waals surface area contributed by atoms with E-state index in [1.54, 1.807) is 6.20 Å². The highest BCUT2D eigenvalue weighted by Gasteiger charge is 2.44. The number of carbonyl (C=O) groups excluding carboxylic acids is 1. The zero-order valence-electron chi connectivity index (χ0n) is 17.4. The van der Waals surface area contributed by atoms with Gasteiger partial charge in [0.1, 0.15) is 5.65 Å². The Kier molecular flexibility index (Phi) is 4.85. The zero-order valence-corrected chi connectivity index (χ0v) is 18.1. The minimum absolute atomic E-state index is 0.199. The number of piperidine rings is 1. The molecule has 0 atom stereocenters. The van der Waals surface area contributed by atoms with Crippen molar-refractivity contribution in [2.75, 3.05) is 36.9 Å². The van der Waals surface area contributed by atoms with Gasteiger partial charge in [-0.15, -0.1) is 0 Å². The van der Waals surface area contributed by atoms with Crippen molar-refractivity contribution in [1.82, 2.24) is 15.3 Å². The molecule has 0 radical (unpaired) electrons. The lowest BCUT2D eigenvalue weighted by Gasteiger charge is -2.39. The molecule has 8 heteroatoms. The maximum atomic E-state index is 12.4. The Morgan fingerprint density at radius 2 is 2.10 bits per heavy atom.